The Morgan fingerprint density at radius 3 is 2.41 bits per heavy atom. The van der Waals surface area contributed by atoms with Gasteiger partial charge in [0.25, 0.3) is 0 Å². The Morgan fingerprint density at radius 2 is 1.59 bits per heavy atom. The molecule has 2 aromatic carbocycles. The molecule has 0 fully saturated rings. The number of allylic oxidation sites excluding steroid dienone is 2. The number of phenolic OH excluding ortho intramolecular Hbond substituents is 1. The fourth-order valence-corrected chi connectivity index (χ4v) is 2.05. The van der Waals surface area contributed by atoms with E-state index in [2.05, 4.69) is 36.4 Å². The van der Waals surface area contributed by atoms with Crippen LogP contribution in [0.15, 0.2) is 54.6 Å². The summed E-state index contributed by atoms with van der Waals surface area (Å²) in [4.78, 5) is 0. The van der Waals surface area contributed by atoms with Crippen molar-refractivity contribution in [3.63, 3.8) is 0 Å². The van der Waals surface area contributed by atoms with Gasteiger partial charge in [-0.1, -0.05) is 48.6 Å². The summed E-state index contributed by atoms with van der Waals surface area (Å²) in [5, 5.41) is 9.24. The molecule has 0 bridgehead atoms. The maximum atomic E-state index is 9.24. The molecule has 0 atom stereocenters. The molecule has 1 heteroatoms. The van der Waals surface area contributed by atoms with E-state index < -0.39 is 0 Å². The minimum absolute atomic E-state index is 0.300. The molecular formula is C16H12O. The van der Waals surface area contributed by atoms with Crippen LogP contribution in [-0.4, -0.2) is 5.11 Å². The zero-order chi connectivity index (χ0) is 11.7. The van der Waals surface area contributed by atoms with E-state index in [4.69, 9.17) is 0 Å². The molecule has 0 unspecified atom stereocenters. The van der Waals surface area contributed by atoms with Crippen molar-refractivity contribution >= 4 is 17.7 Å². The summed E-state index contributed by atoms with van der Waals surface area (Å²) in [6.45, 7) is 0. The van der Waals surface area contributed by atoms with Gasteiger partial charge >= 0.3 is 0 Å². The van der Waals surface area contributed by atoms with Gasteiger partial charge in [0.2, 0.25) is 0 Å². The Morgan fingerprint density at radius 1 is 0.824 bits per heavy atom. The summed E-state index contributed by atoms with van der Waals surface area (Å²) in [5.74, 6) is 0.300. The van der Waals surface area contributed by atoms with Gasteiger partial charge in [-0.25, -0.2) is 0 Å². The van der Waals surface area contributed by atoms with Gasteiger partial charge in [-0.05, 0) is 40.5 Å². The lowest BCUT2D eigenvalue weighted by Gasteiger charge is -2.01. The summed E-state index contributed by atoms with van der Waals surface area (Å²) in [5.41, 5.74) is 4.84. The average Bonchev–Trinajstić information content (AvgIpc) is 2.76. The van der Waals surface area contributed by atoms with Crippen LogP contribution in [0.3, 0.4) is 0 Å². The predicted octanol–water partition coefficient (Wildman–Crippen LogP) is 3.96. The molecule has 0 saturated heterocycles. The molecule has 1 aliphatic rings. The first-order chi connectivity index (χ1) is 8.33. The lowest BCUT2D eigenvalue weighted by molar-refractivity contribution is 0.475. The average molecular weight is 220 g/mol. The summed E-state index contributed by atoms with van der Waals surface area (Å²) >= 11 is 0. The lowest BCUT2D eigenvalue weighted by Crippen LogP contribution is -1.80. The third-order valence-electron chi connectivity index (χ3n) is 2.93. The number of hydrogen-bond donors (Lipinski definition) is 1. The van der Waals surface area contributed by atoms with Crippen LogP contribution in [0.5, 0.6) is 5.75 Å². The van der Waals surface area contributed by atoms with Gasteiger partial charge in [0, 0.05) is 0 Å². The largest absolute Gasteiger partial charge is 0.508 e. The van der Waals surface area contributed by atoms with Gasteiger partial charge in [-0.2, -0.15) is 0 Å². The van der Waals surface area contributed by atoms with Crippen LogP contribution in [0, 0.1) is 0 Å². The van der Waals surface area contributed by atoms with E-state index in [9.17, 15) is 5.11 Å². The Labute approximate surface area is 100 Å². The first kappa shape index (κ1) is 9.91. The highest BCUT2D eigenvalue weighted by molar-refractivity contribution is 5.97. The molecule has 0 amide bonds. The van der Waals surface area contributed by atoms with Crippen molar-refractivity contribution in [1.29, 1.82) is 0 Å². The fraction of sp³-hybridized carbons (Fsp3) is 0. The molecule has 0 aliphatic heterocycles. The lowest BCUT2D eigenvalue weighted by atomic mass is 10.0. The number of phenols is 1. The molecule has 17 heavy (non-hydrogen) atoms. The standard InChI is InChI=1S/C16H12O/c17-15-9-5-12(6-10-15)11-14-8-7-13-3-1-2-4-16(13)14/h1-11,17H/b14-11-. The number of rotatable bonds is 1. The first-order valence-corrected chi connectivity index (χ1v) is 5.61. The molecular weight excluding hydrogens is 208 g/mol. The van der Waals surface area contributed by atoms with Crippen LogP contribution >= 0.6 is 0 Å². The number of hydrogen-bond acceptors (Lipinski definition) is 1. The Hall–Kier alpha value is -2.28. The SMILES string of the molecule is Oc1ccc(/C=C2/C=Cc3ccccc32)cc1. The fourth-order valence-electron chi connectivity index (χ4n) is 2.05. The minimum atomic E-state index is 0.300. The van der Waals surface area contributed by atoms with Crippen molar-refractivity contribution in [2.45, 2.75) is 0 Å². The van der Waals surface area contributed by atoms with Crippen LogP contribution in [0.2, 0.25) is 0 Å². The van der Waals surface area contributed by atoms with Gasteiger partial charge in [-0.3, -0.25) is 0 Å². The second kappa shape index (κ2) is 3.95. The van der Waals surface area contributed by atoms with Crippen molar-refractivity contribution in [1.82, 2.24) is 0 Å². The molecule has 2 aromatic rings. The van der Waals surface area contributed by atoms with Gasteiger partial charge < -0.3 is 5.11 Å². The van der Waals surface area contributed by atoms with Crippen molar-refractivity contribution < 1.29 is 5.11 Å². The van der Waals surface area contributed by atoms with Crippen molar-refractivity contribution in [3.05, 3.63) is 71.3 Å². The van der Waals surface area contributed by atoms with Crippen LogP contribution in [0.4, 0.5) is 0 Å². The number of aromatic hydroxyl groups is 1. The van der Waals surface area contributed by atoms with Crippen LogP contribution in [0.1, 0.15) is 16.7 Å². The molecule has 3 rings (SSSR count). The molecule has 0 spiro atoms. The molecule has 0 heterocycles. The zero-order valence-electron chi connectivity index (χ0n) is 9.30. The summed E-state index contributed by atoms with van der Waals surface area (Å²) in [6.07, 6.45) is 6.38. The Bertz CT molecular complexity index is 604. The first-order valence-electron chi connectivity index (χ1n) is 5.61. The zero-order valence-corrected chi connectivity index (χ0v) is 9.30. The van der Waals surface area contributed by atoms with Gasteiger partial charge in [-0.15, -0.1) is 0 Å². The summed E-state index contributed by atoms with van der Waals surface area (Å²) < 4.78 is 0. The van der Waals surface area contributed by atoms with Crippen LogP contribution in [0.25, 0.3) is 17.7 Å². The molecule has 1 N–H and O–H groups in total. The second-order valence-electron chi connectivity index (χ2n) is 4.11. The van der Waals surface area contributed by atoms with Gasteiger partial charge in [0.1, 0.15) is 5.75 Å². The number of fused-ring (bicyclic) bond motifs is 1. The molecule has 82 valence electrons. The molecule has 0 aromatic heterocycles. The van der Waals surface area contributed by atoms with E-state index in [-0.39, 0.29) is 0 Å². The van der Waals surface area contributed by atoms with E-state index in [0.29, 0.717) is 5.75 Å². The van der Waals surface area contributed by atoms with Crippen molar-refractivity contribution in [2.24, 2.45) is 0 Å². The monoisotopic (exact) mass is 220 g/mol. The van der Waals surface area contributed by atoms with E-state index in [1.807, 2.05) is 18.2 Å². The van der Waals surface area contributed by atoms with Crippen LogP contribution < -0.4 is 0 Å². The van der Waals surface area contributed by atoms with E-state index in [0.717, 1.165) is 5.56 Å². The Balaban J connectivity index is 2.02. The van der Waals surface area contributed by atoms with Crippen LogP contribution in [-0.2, 0) is 0 Å². The third kappa shape index (κ3) is 1.87. The van der Waals surface area contributed by atoms with Crippen molar-refractivity contribution in [3.8, 4) is 5.75 Å². The normalized spacial score (nSPS) is 15.2. The highest BCUT2D eigenvalue weighted by Crippen LogP contribution is 2.30. The quantitative estimate of drug-likeness (QED) is 0.771. The predicted molar refractivity (Wildman–Crippen MR) is 71.5 cm³/mol. The van der Waals surface area contributed by atoms with Crippen molar-refractivity contribution in [2.75, 3.05) is 0 Å². The summed E-state index contributed by atoms with van der Waals surface area (Å²) in [6, 6.07) is 15.6. The molecule has 0 radical (unpaired) electrons. The topological polar surface area (TPSA) is 20.2 Å². The molecule has 1 aliphatic carbocycles. The summed E-state index contributed by atoms with van der Waals surface area (Å²) in [7, 11) is 0. The maximum absolute atomic E-state index is 9.24. The highest BCUT2D eigenvalue weighted by Gasteiger charge is 2.08. The minimum Gasteiger partial charge on any atom is -0.508 e. The highest BCUT2D eigenvalue weighted by atomic mass is 16.3. The van der Waals surface area contributed by atoms with Gasteiger partial charge in [0.05, 0.1) is 0 Å². The Kier molecular flexibility index (Phi) is 2.30. The number of benzene rings is 2. The van der Waals surface area contributed by atoms with E-state index >= 15 is 0 Å². The third-order valence-corrected chi connectivity index (χ3v) is 2.93. The molecule has 1 nitrogen and oxygen atoms in total. The van der Waals surface area contributed by atoms with E-state index in [1.54, 1.807) is 12.1 Å². The smallest absolute Gasteiger partial charge is 0.115 e. The van der Waals surface area contributed by atoms with Gasteiger partial charge in [0.15, 0.2) is 0 Å². The maximum Gasteiger partial charge on any atom is 0.115 e. The van der Waals surface area contributed by atoms with E-state index in [1.165, 1.54) is 16.7 Å². The molecule has 0 saturated carbocycles. The second-order valence-corrected chi connectivity index (χ2v) is 4.11.